The number of aliphatic carboxylic acids is 1. The average molecular weight is 460 g/mol. The van der Waals surface area contributed by atoms with E-state index in [0.29, 0.717) is 6.61 Å². The van der Waals surface area contributed by atoms with Gasteiger partial charge in [0.25, 0.3) is 0 Å². The van der Waals surface area contributed by atoms with Crippen LogP contribution in [0.4, 0.5) is 0 Å². The van der Waals surface area contributed by atoms with Crippen LogP contribution in [0.1, 0.15) is 17.5 Å². The van der Waals surface area contributed by atoms with E-state index in [1.807, 2.05) is 78.9 Å². The second-order valence-electron chi connectivity index (χ2n) is 7.23. The number of rotatable bonds is 8. The van der Waals surface area contributed by atoms with Crippen molar-refractivity contribution in [2.45, 2.75) is 18.3 Å². The quantitative estimate of drug-likeness (QED) is 0.386. The molecule has 0 radical (unpaired) electrons. The van der Waals surface area contributed by atoms with Gasteiger partial charge in [-0.05, 0) is 28.8 Å². The first-order valence-corrected chi connectivity index (χ1v) is 11.1. The largest absolute Gasteiger partial charge is 0.489 e. The van der Waals surface area contributed by atoms with E-state index in [9.17, 15) is 9.59 Å². The van der Waals surface area contributed by atoms with Crippen LogP contribution >= 0.6 is 11.8 Å². The first-order chi connectivity index (χ1) is 16.1. The number of thioether (sulfide) groups is 1. The fraction of sp³-hybridized carbons (Fsp3) is 0.120. The number of amides is 1. The van der Waals surface area contributed by atoms with E-state index in [1.165, 1.54) is 0 Å². The number of carbonyl (C=O) groups is 2. The Morgan fingerprint density at radius 1 is 1.06 bits per heavy atom. The summed E-state index contributed by atoms with van der Waals surface area (Å²) < 4.78 is 5.95. The maximum Gasteiger partial charge on any atom is 0.305 e. The number of ether oxygens (including phenoxy) is 1. The predicted octanol–water partition coefficient (Wildman–Crippen LogP) is 4.33. The van der Waals surface area contributed by atoms with E-state index in [4.69, 9.17) is 9.84 Å². The Labute approximate surface area is 195 Å². The van der Waals surface area contributed by atoms with Crippen molar-refractivity contribution in [2.75, 3.05) is 0 Å². The topological polar surface area (TPSA) is 100 Å². The van der Waals surface area contributed by atoms with Gasteiger partial charge >= 0.3 is 5.97 Å². The van der Waals surface area contributed by atoms with Gasteiger partial charge < -0.3 is 15.2 Å². The SMILES string of the molecule is O=C(O)CC1SC(=NN=Cc2ccccc2-c2cccc(OCc3ccccc3)c2)NC1=O. The average Bonchev–Trinajstić information content (AvgIpc) is 3.17. The standard InChI is InChI=1S/C25H21N3O4S/c29-23(30)14-22-24(31)27-25(33-22)28-26-15-19-9-4-5-12-21(19)18-10-6-11-20(13-18)32-16-17-7-2-1-3-8-17/h1-13,15,22H,14,16H2,(H,29,30)(H,27,28,31). The Kier molecular flexibility index (Phi) is 7.16. The van der Waals surface area contributed by atoms with Crippen LogP contribution in [0.25, 0.3) is 11.1 Å². The smallest absolute Gasteiger partial charge is 0.305 e. The number of amidine groups is 1. The van der Waals surface area contributed by atoms with Gasteiger partial charge in [-0.15, -0.1) is 5.10 Å². The summed E-state index contributed by atoms with van der Waals surface area (Å²) >= 11 is 1.07. The summed E-state index contributed by atoms with van der Waals surface area (Å²) in [6.45, 7) is 0.483. The highest BCUT2D eigenvalue weighted by molar-refractivity contribution is 8.15. The van der Waals surface area contributed by atoms with Crippen LogP contribution in [0.2, 0.25) is 0 Å². The summed E-state index contributed by atoms with van der Waals surface area (Å²) in [6.07, 6.45) is 1.35. The van der Waals surface area contributed by atoms with E-state index in [-0.39, 0.29) is 17.5 Å². The molecule has 0 aliphatic carbocycles. The molecule has 1 amide bonds. The van der Waals surface area contributed by atoms with E-state index in [0.717, 1.165) is 39.8 Å². The number of nitrogens with zero attached hydrogens (tertiary/aromatic N) is 2. The molecule has 33 heavy (non-hydrogen) atoms. The molecule has 1 heterocycles. The Hall–Kier alpha value is -3.91. The number of hydrogen-bond donors (Lipinski definition) is 2. The molecule has 2 N–H and O–H groups in total. The zero-order valence-electron chi connectivity index (χ0n) is 17.5. The van der Waals surface area contributed by atoms with Crippen molar-refractivity contribution in [3.8, 4) is 16.9 Å². The molecule has 0 spiro atoms. The lowest BCUT2D eigenvalue weighted by Crippen LogP contribution is -2.26. The summed E-state index contributed by atoms with van der Waals surface area (Å²) in [5.74, 6) is -0.641. The van der Waals surface area contributed by atoms with Crippen LogP contribution < -0.4 is 10.1 Å². The molecule has 3 aromatic rings. The minimum Gasteiger partial charge on any atom is -0.489 e. The van der Waals surface area contributed by atoms with Crippen molar-refractivity contribution >= 4 is 35.0 Å². The van der Waals surface area contributed by atoms with Crippen LogP contribution in [-0.4, -0.2) is 33.6 Å². The summed E-state index contributed by atoms with van der Waals surface area (Å²) in [6, 6.07) is 25.6. The molecule has 1 aliphatic heterocycles. The monoisotopic (exact) mass is 459 g/mol. The fourth-order valence-electron chi connectivity index (χ4n) is 3.26. The third kappa shape index (κ3) is 6.08. The lowest BCUT2D eigenvalue weighted by Gasteiger charge is -2.10. The van der Waals surface area contributed by atoms with Gasteiger partial charge in [0, 0.05) is 5.56 Å². The van der Waals surface area contributed by atoms with Crippen molar-refractivity contribution in [3.63, 3.8) is 0 Å². The van der Waals surface area contributed by atoms with Crippen molar-refractivity contribution < 1.29 is 19.4 Å². The van der Waals surface area contributed by atoms with E-state index in [2.05, 4.69) is 15.5 Å². The highest BCUT2D eigenvalue weighted by Crippen LogP contribution is 2.27. The zero-order valence-corrected chi connectivity index (χ0v) is 18.4. The molecule has 1 saturated heterocycles. The van der Waals surface area contributed by atoms with Crippen LogP contribution in [0.15, 0.2) is 89.1 Å². The highest BCUT2D eigenvalue weighted by Gasteiger charge is 2.32. The summed E-state index contributed by atoms with van der Waals surface area (Å²) in [5.41, 5.74) is 3.87. The van der Waals surface area contributed by atoms with Crippen LogP contribution in [0, 0.1) is 0 Å². The molecular weight excluding hydrogens is 438 g/mol. The molecule has 4 rings (SSSR count). The number of hydrogen-bond acceptors (Lipinski definition) is 6. The molecule has 1 aliphatic rings. The first-order valence-electron chi connectivity index (χ1n) is 10.2. The number of carboxylic acids is 1. The van der Waals surface area contributed by atoms with Crippen molar-refractivity contribution in [1.82, 2.24) is 5.32 Å². The predicted molar refractivity (Wildman–Crippen MR) is 129 cm³/mol. The Morgan fingerprint density at radius 3 is 2.67 bits per heavy atom. The van der Waals surface area contributed by atoms with Gasteiger partial charge in [0.2, 0.25) is 5.91 Å². The lowest BCUT2D eigenvalue weighted by atomic mass is 10.0. The molecular formula is C25H21N3O4S. The Morgan fingerprint density at radius 2 is 1.85 bits per heavy atom. The first kappa shape index (κ1) is 22.3. The van der Waals surface area contributed by atoms with E-state index < -0.39 is 11.2 Å². The highest BCUT2D eigenvalue weighted by atomic mass is 32.2. The molecule has 166 valence electrons. The second-order valence-corrected chi connectivity index (χ2v) is 8.42. The van der Waals surface area contributed by atoms with Crippen molar-refractivity contribution in [2.24, 2.45) is 10.2 Å². The lowest BCUT2D eigenvalue weighted by molar-refractivity contribution is -0.138. The maximum absolute atomic E-state index is 11.8. The van der Waals surface area contributed by atoms with Gasteiger partial charge in [-0.25, -0.2) is 0 Å². The van der Waals surface area contributed by atoms with Gasteiger partial charge in [-0.1, -0.05) is 78.5 Å². The van der Waals surface area contributed by atoms with Crippen molar-refractivity contribution in [1.29, 1.82) is 0 Å². The number of benzene rings is 3. The molecule has 7 nitrogen and oxygen atoms in total. The van der Waals surface area contributed by atoms with E-state index >= 15 is 0 Å². The Bertz CT molecular complexity index is 1210. The molecule has 0 bridgehead atoms. The third-order valence-corrected chi connectivity index (χ3v) is 5.91. The fourth-order valence-corrected chi connectivity index (χ4v) is 4.17. The normalized spacial score (nSPS) is 16.8. The second kappa shape index (κ2) is 10.6. The van der Waals surface area contributed by atoms with Crippen molar-refractivity contribution in [3.05, 3.63) is 90.0 Å². The third-order valence-electron chi connectivity index (χ3n) is 4.84. The van der Waals surface area contributed by atoms with Gasteiger partial charge in [-0.3, -0.25) is 9.59 Å². The summed E-state index contributed by atoms with van der Waals surface area (Å²) in [4.78, 5) is 22.7. The Balaban J connectivity index is 1.48. The minimum absolute atomic E-state index is 0.259. The zero-order chi connectivity index (χ0) is 23.0. The van der Waals surface area contributed by atoms with Crippen LogP contribution in [-0.2, 0) is 16.2 Å². The molecule has 1 unspecified atom stereocenters. The molecule has 0 aromatic heterocycles. The molecule has 1 atom stereocenters. The molecule has 8 heteroatoms. The number of carbonyl (C=O) groups excluding carboxylic acids is 1. The molecule has 0 saturated carbocycles. The van der Waals surface area contributed by atoms with E-state index in [1.54, 1.807) is 6.21 Å². The summed E-state index contributed by atoms with van der Waals surface area (Å²) in [7, 11) is 0. The maximum atomic E-state index is 11.8. The summed E-state index contributed by atoms with van der Waals surface area (Å²) in [5, 5.41) is 19.2. The van der Waals surface area contributed by atoms with Gasteiger partial charge in [0.05, 0.1) is 12.6 Å². The van der Waals surface area contributed by atoms with Gasteiger partial charge in [0.15, 0.2) is 5.17 Å². The van der Waals surface area contributed by atoms with Gasteiger partial charge in [0.1, 0.15) is 17.6 Å². The number of carboxylic acid groups (broad SMARTS) is 1. The van der Waals surface area contributed by atoms with Crippen LogP contribution in [0.5, 0.6) is 5.75 Å². The van der Waals surface area contributed by atoms with Gasteiger partial charge in [-0.2, -0.15) is 5.10 Å². The number of nitrogens with one attached hydrogen (secondary N) is 1. The molecule has 3 aromatic carbocycles. The molecule has 1 fully saturated rings. The van der Waals surface area contributed by atoms with Crippen LogP contribution in [0.3, 0.4) is 0 Å². The minimum atomic E-state index is -1.03.